The summed E-state index contributed by atoms with van der Waals surface area (Å²) >= 11 is 0. The highest BCUT2D eigenvalue weighted by Gasteiger charge is 2.17. The SMILES string of the molecule is CN1CCN(c2ccccc2CNC(=O)c2ccc(=O)n(-c3ccccc3)n2)CC1. The van der Waals surface area contributed by atoms with E-state index < -0.39 is 0 Å². The van der Waals surface area contributed by atoms with Crippen molar-refractivity contribution >= 4 is 11.6 Å². The van der Waals surface area contributed by atoms with Crippen LogP contribution in [0, 0.1) is 0 Å². The van der Waals surface area contributed by atoms with E-state index in [2.05, 4.69) is 33.3 Å². The fourth-order valence-electron chi connectivity index (χ4n) is 3.57. The summed E-state index contributed by atoms with van der Waals surface area (Å²) in [6.07, 6.45) is 0. The molecule has 0 bridgehead atoms. The molecule has 7 heteroatoms. The lowest BCUT2D eigenvalue weighted by Gasteiger charge is -2.35. The van der Waals surface area contributed by atoms with Gasteiger partial charge in [0, 0.05) is 44.5 Å². The minimum absolute atomic E-state index is 0.204. The number of para-hydroxylation sites is 2. The first kappa shape index (κ1) is 19.8. The van der Waals surface area contributed by atoms with E-state index in [4.69, 9.17) is 0 Å². The van der Waals surface area contributed by atoms with Gasteiger partial charge in [0.15, 0.2) is 0 Å². The van der Waals surface area contributed by atoms with Gasteiger partial charge in [-0.2, -0.15) is 9.78 Å². The second-order valence-corrected chi connectivity index (χ2v) is 7.41. The van der Waals surface area contributed by atoms with E-state index >= 15 is 0 Å². The molecule has 4 rings (SSSR count). The summed E-state index contributed by atoms with van der Waals surface area (Å²) in [6, 6.07) is 20.0. The van der Waals surface area contributed by atoms with Crippen LogP contribution < -0.4 is 15.8 Å². The minimum Gasteiger partial charge on any atom is -0.369 e. The molecule has 0 radical (unpaired) electrons. The van der Waals surface area contributed by atoms with Gasteiger partial charge in [-0.15, -0.1) is 0 Å². The summed E-state index contributed by atoms with van der Waals surface area (Å²) in [6.45, 7) is 4.36. The van der Waals surface area contributed by atoms with E-state index in [0.717, 1.165) is 37.4 Å². The third-order valence-corrected chi connectivity index (χ3v) is 5.31. The zero-order valence-electron chi connectivity index (χ0n) is 17.0. The molecule has 30 heavy (non-hydrogen) atoms. The number of carbonyl (C=O) groups excluding carboxylic acids is 1. The van der Waals surface area contributed by atoms with Gasteiger partial charge in [0.05, 0.1) is 5.69 Å². The van der Waals surface area contributed by atoms with Crippen molar-refractivity contribution in [2.45, 2.75) is 6.54 Å². The molecule has 1 aliphatic rings. The Kier molecular flexibility index (Phi) is 5.90. The molecule has 1 amide bonds. The van der Waals surface area contributed by atoms with Gasteiger partial charge in [0.1, 0.15) is 5.69 Å². The number of piperazine rings is 1. The van der Waals surface area contributed by atoms with Gasteiger partial charge in [-0.1, -0.05) is 36.4 Å². The van der Waals surface area contributed by atoms with Crippen LogP contribution in [0.15, 0.2) is 71.5 Å². The van der Waals surface area contributed by atoms with Gasteiger partial charge in [-0.3, -0.25) is 9.59 Å². The topological polar surface area (TPSA) is 70.5 Å². The number of rotatable bonds is 5. The van der Waals surface area contributed by atoms with Gasteiger partial charge < -0.3 is 15.1 Å². The Balaban J connectivity index is 1.49. The lowest BCUT2D eigenvalue weighted by atomic mass is 10.1. The first-order valence-corrected chi connectivity index (χ1v) is 10.1. The summed E-state index contributed by atoms with van der Waals surface area (Å²) in [4.78, 5) is 29.6. The molecule has 0 unspecified atom stereocenters. The number of aromatic nitrogens is 2. The molecule has 2 aromatic carbocycles. The molecule has 2 heterocycles. The molecular weight excluding hydrogens is 378 g/mol. The largest absolute Gasteiger partial charge is 0.369 e. The van der Waals surface area contributed by atoms with Crippen molar-refractivity contribution in [3.05, 3.63) is 88.3 Å². The molecule has 1 aromatic heterocycles. The fraction of sp³-hybridized carbons (Fsp3) is 0.261. The number of likely N-dealkylation sites (N-methyl/N-ethyl adjacent to an activating group) is 1. The molecule has 1 N–H and O–H groups in total. The van der Waals surface area contributed by atoms with Gasteiger partial charge in [-0.05, 0) is 36.9 Å². The number of nitrogens with one attached hydrogen (secondary N) is 1. The third kappa shape index (κ3) is 4.41. The van der Waals surface area contributed by atoms with E-state index in [0.29, 0.717) is 12.2 Å². The van der Waals surface area contributed by atoms with E-state index in [1.807, 2.05) is 36.4 Å². The lowest BCUT2D eigenvalue weighted by Crippen LogP contribution is -2.45. The Morgan fingerprint density at radius 3 is 2.40 bits per heavy atom. The molecule has 3 aromatic rings. The number of hydrogen-bond donors (Lipinski definition) is 1. The first-order chi connectivity index (χ1) is 14.6. The number of nitrogens with zero attached hydrogens (tertiary/aromatic N) is 4. The van der Waals surface area contributed by atoms with E-state index in [9.17, 15) is 9.59 Å². The summed E-state index contributed by atoms with van der Waals surface area (Å²) in [5, 5.41) is 7.20. The van der Waals surface area contributed by atoms with Crippen LogP contribution in [0.25, 0.3) is 5.69 Å². The van der Waals surface area contributed by atoms with Crippen LogP contribution in [0.3, 0.4) is 0 Å². The van der Waals surface area contributed by atoms with Crippen molar-refractivity contribution in [3.63, 3.8) is 0 Å². The molecule has 7 nitrogen and oxygen atoms in total. The highest BCUT2D eigenvalue weighted by molar-refractivity contribution is 5.92. The molecule has 1 saturated heterocycles. The highest BCUT2D eigenvalue weighted by Crippen LogP contribution is 2.21. The van der Waals surface area contributed by atoms with Gasteiger partial charge in [-0.25, -0.2) is 0 Å². The smallest absolute Gasteiger partial charge is 0.272 e. The summed E-state index contributed by atoms with van der Waals surface area (Å²) in [5.74, 6) is -0.312. The Hall–Kier alpha value is -3.45. The van der Waals surface area contributed by atoms with E-state index in [1.165, 1.54) is 16.8 Å². The number of carbonyl (C=O) groups is 1. The fourth-order valence-corrected chi connectivity index (χ4v) is 3.57. The second kappa shape index (κ2) is 8.92. The second-order valence-electron chi connectivity index (χ2n) is 7.41. The summed E-state index contributed by atoms with van der Waals surface area (Å²) in [7, 11) is 2.13. The van der Waals surface area contributed by atoms with Gasteiger partial charge in [0.2, 0.25) is 0 Å². The van der Waals surface area contributed by atoms with Crippen LogP contribution in [0.2, 0.25) is 0 Å². The van der Waals surface area contributed by atoms with Crippen molar-refractivity contribution in [1.82, 2.24) is 20.0 Å². The monoisotopic (exact) mass is 403 g/mol. The maximum absolute atomic E-state index is 12.7. The third-order valence-electron chi connectivity index (χ3n) is 5.31. The predicted molar refractivity (Wildman–Crippen MR) is 117 cm³/mol. The summed E-state index contributed by atoms with van der Waals surface area (Å²) < 4.78 is 1.24. The average Bonchev–Trinajstić information content (AvgIpc) is 2.79. The molecule has 0 atom stereocenters. The van der Waals surface area contributed by atoms with Crippen molar-refractivity contribution in [3.8, 4) is 5.69 Å². The highest BCUT2D eigenvalue weighted by atomic mass is 16.2. The Labute approximate surface area is 175 Å². The molecule has 1 fully saturated rings. The number of benzene rings is 2. The Morgan fingerprint density at radius 1 is 0.933 bits per heavy atom. The normalized spacial score (nSPS) is 14.5. The minimum atomic E-state index is -0.312. The molecule has 0 aliphatic carbocycles. The lowest BCUT2D eigenvalue weighted by molar-refractivity contribution is 0.0944. The van der Waals surface area contributed by atoms with Crippen molar-refractivity contribution < 1.29 is 4.79 Å². The van der Waals surface area contributed by atoms with Crippen molar-refractivity contribution in [2.24, 2.45) is 0 Å². The van der Waals surface area contributed by atoms with Gasteiger partial charge in [0.25, 0.3) is 11.5 Å². The Bertz CT molecular complexity index is 1070. The van der Waals surface area contributed by atoms with Crippen LogP contribution in [-0.2, 0) is 6.54 Å². The standard InChI is InChI=1S/C23H25N5O2/c1-26-13-15-27(16-14-26)21-10-6-5-7-18(21)17-24-23(30)20-11-12-22(29)28(25-20)19-8-3-2-4-9-19/h2-12H,13-17H2,1H3,(H,24,30). The summed E-state index contributed by atoms with van der Waals surface area (Å²) in [5.41, 5.74) is 2.76. The molecule has 0 saturated carbocycles. The quantitative estimate of drug-likeness (QED) is 0.705. The van der Waals surface area contributed by atoms with Crippen LogP contribution in [-0.4, -0.2) is 53.8 Å². The molecule has 0 spiro atoms. The number of hydrogen-bond acceptors (Lipinski definition) is 5. The Morgan fingerprint density at radius 2 is 1.63 bits per heavy atom. The number of amides is 1. The van der Waals surface area contributed by atoms with Crippen LogP contribution in [0.5, 0.6) is 0 Å². The van der Waals surface area contributed by atoms with Crippen LogP contribution in [0.1, 0.15) is 16.1 Å². The average molecular weight is 403 g/mol. The van der Waals surface area contributed by atoms with Gasteiger partial charge >= 0.3 is 0 Å². The predicted octanol–water partition coefficient (Wildman–Crippen LogP) is 1.91. The first-order valence-electron chi connectivity index (χ1n) is 10.1. The molecular formula is C23H25N5O2. The van der Waals surface area contributed by atoms with Crippen molar-refractivity contribution in [2.75, 3.05) is 38.1 Å². The van der Waals surface area contributed by atoms with Crippen LogP contribution >= 0.6 is 0 Å². The van der Waals surface area contributed by atoms with E-state index in [1.54, 1.807) is 12.1 Å². The molecule has 1 aliphatic heterocycles. The van der Waals surface area contributed by atoms with Crippen molar-refractivity contribution in [1.29, 1.82) is 0 Å². The zero-order chi connectivity index (χ0) is 20.9. The molecule has 154 valence electrons. The maximum atomic E-state index is 12.7. The maximum Gasteiger partial charge on any atom is 0.272 e. The van der Waals surface area contributed by atoms with E-state index in [-0.39, 0.29) is 17.2 Å². The number of anilines is 1. The van der Waals surface area contributed by atoms with Crippen LogP contribution in [0.4, 0.5) is 5.69 Å². The zero-order valence-corrected chi connectivity index (χ0v) is 17.0.